The van der Waals surface area contributed by atoms with Gasteiger partial charge in [0.25, 0.3) is 15.9 Å². The number of alkyl halides is 3. The van der Waals surface area contributed by atoms with E-state index in [0.717, 1.165) is 11.6 Å². The molecule has 0 radical (unpaired) electrons. The second-order valence-electron chi connectivity index (χ2n) is 6.49. The minimum atomic E-state index is -4.92. The van der Waals surface area contributed by atoms with Gasteiger partial charge in [-0.25, -0.2) is 8.42 Å². The van der Waals surface area contributed by atoms with Crippen molar-refractivity contribution in [2.45, 2.75) is 18.2 Å². The number of rotatable bonds is 6. The van der Waals surface area contributed by atoms with Crippen molar-refractivity contribution in [3.63, 3.8) is 0 Å². The van der Waals surface area contributed by atoms with E-state index in [2.05, 4.69) is 14.8 Å². The van der Waals surface area contributed by atoms with Crippen LogP contribution in [-0.2, 0) is 10.0 Å². The maximum atomic E-state index is 12.5. The van der Waals surface area contributed by atoms with E-state index in [1.54, 1.807) is 24.3 Å². The van der Waals surface area contributed by atoms with Gasteiger partial charge in [0.2, 0.25) is 0 Å². The van der Waals surface area contributed by atoms with E-state index in [4.69, 9.17) is 0 Å². The van der Waals surface area contributed by atoms with Gasteiger partial charge in [-0.15, -0.1) is 13.2 Å². The summed E-state index contributed by atoms with van der Waals surface area (Å²) in [5.41, 5.74) is 1.23. The Bertz CT molecular complexity index is 1180. The first-order valence-corrected chi connectivity index (χ1v) is 10.4. The molecule has 0 unspecified atom stereocenters. The number of aryl methyl sites for hydroxylation is 1. The molecule has 0 aromatic heterocycles. The molecule has 0 spiro atoms. The summed E-state index contributed by atoms with van der Waals surface area (Å²) in [6.07, 6.45) is -4.92. The molecule has 0 aliphatic rings. The van der Waals surface area contributed by atoms with Gasteiger partial charge in [-0.05, 0) is 55.5 Å². The van der Waals surface area contributed by atoms with Gasteiger partial charge in [-0.3, -0.25) is 9.52 Å². The summed E-state index contributed by atoms with van der Waals surface area (Å²) < 4.78 is 68.9. The summed E-state index contributed by atoms with van der Waals surface area (Å²) in [4.78, 5) is 12.3. The topological polar surface area (TPSA) is 84.5 Å². The number of ether oxygens (including phenoxy) is 1. The Morgan fingerprint density at radius 2 is 1.52 bits per heavy atom. The maximum Gasteiger partial charge on any atom is 0.573 e. The molecule has 0 heterocycles. The number of sulfonamides is 1. The number of nitrogens with one attached hydrogen (secondary N) is 2. The Kier molecular flexibility index (Phi) is 6.21. The molecule has 0 saturated carbocycles. The zero-order valence-corrected chi connectivity index (χ0v) is 16.9. The lowest BCUT2D eigenvalue weighted by molar-refractivity contribution is -0.274. The SMILES string of the molecule is Cc1ccc(NS(=O)(=O)c2ccc(C(=O)Nc3ccccc3OC(F)(F)F)cc2)cc1. The lowest BCUT2D eigenvalue weighted by Crippen LogP contribution is -2.19. The second-order valence-corrected chi connectivity index (χ2v) is 8.18. The predicted octanol–water partition coefficient (Wildman–Crippen LogP) is 4.95. The van der Waals surface area contributed by atoms with Crippen LogP contribution >= 0.6 is 0 Å². The number of halogens is 3. The smallest absolute Gasteiger partial charge is 0.404 e. The molecule has 0 atom stereocenters. The Hall–Kier alpha value is -3.53. The van der Waals surface area contributed by atoms with Gasteiger partial charge >= 0.3 is 6.36 Å². The average molecular weight is 450 g/mol. The van der Waals surface area contributed by atoms with Crippen LogP contribution in [0.1, 0.15) is 15.9 Å². The van der Waals surface area contributed by atoms with Crippen LogP contribution in [0.15, 0.2) is 77.7 Å². The monoisotopic (exact) mass is 450 g/mol. The zero-order chi connectivity index (χ0) is 22.6. The lowest BCUT2D eigenvalue weighted by Gasteiger charge is -2.14. The summed E-state index contributed by atoms with van der Waals surface area (Å²) in [5.74, 6) is -1.29. The van der Waals surface area contributed by atoms with Crippen LogP contribution in [0.2, 0.25) is 0 Å². The van der Waals surface area contributed by atoms with Crippen LogP contribution in [0.3, 0.4) is 0 Å². The Morgan fingerprint density at radius 1 is 0.903 bits per heavy atom. The van der Waals surface area contributed by atoms with E-state index in [1.807, 2.05) is 6.92 Å². The minimum Gasteiger partial charge on any atom is -0.404 e. The largest absolute Gasteiger partial charge is 0.573 e. The standard InChI is InChI=1S/C21H17F3N2O4S/c1-14-6-10-16(11-7-14)26-31(28,29)17-12-8-15(9-13-17)20(27)25-18-4-2-3-5-19(18)30-21(22,23)24/h2-13,26H,1H3,(H,25,27). The molecule has 0 aliphatic heterocycles. The molecule has 2 N–H and O–H groups in total. The van der Waals surface area contributed by atoms with Crippen molar-refractivity contribution in [1.82, 2.24) is 0 Å². The van der Waals surface area contributed by atoms with Gasteiger partial charge in [-0.1, -0.05) is 29.8 Å². The molecule has 31 heavy (non-hydrogen) atoms. The van der Waals surface area contributed by atoms with Gasteiger partial charge in [0.05, 0.1) is 10.6 Å². The first-order valence-electron chi connectivity index (χ1n) is 8.89. The number of anilines is 2. The van der Waals surface area contributed by atoms with Gasteiger partial charge in [-0.2, -0.15) is 0 Å². The Balaban J connectivity index is 1.74. The van der Waals surface area contributed by atoms with Gasteiger partial charge in [0, 0.05) is 11.3 Å². The molecule has 10 heteroatoms. The average Bonchev–Trinajstić information content (AvgIpc) is 2.70. The summed E-state index contributed by atoms with van der Waals surface area (Å²) in [6, 6.07) is 16.8. The summed E-state index contributed by atoms with van der Waals surface area (Å²) >= 11 is 0. The van der Waals surface area contributed by atoms with Crippen LogP contribution in [0.5, 0.6) is 5.75 Å². The van der Waals surface area contributed by atoms with E-state index in [0.29, 0.717) is 5.69 Å². The number of carbonyl (C=O) groups excluding carboxylic acids is 1. The second kappa shape index (κ2) is 8.68. The third-order valence-electron chi connectivity index (χ3n) is 4.09. The quantitative estimate of drug-likeness (QED) is 0.557. The van der Waals surface area contributed by atoms with Gasteiger partial charge in [0.15, 0.2) is 5.75 Å². The first kappa shape index (κ1) is 22.2. The van der Waals surface area contributed by atoms with Crippen molar-refractivity contribution >= 4 is 27.3 Å². The van der Waals surface area contributed by atoms with Crippen molar-refractivity contribution in [3.05, 3.63) is 83.9 Å². The van der Waals surface area contributed by atoms with Gasteiger partial charge < -0.3 is 10.1 Å². The summed E-state index contributed by atoms with van der Waals surface area (Å²) in [6.45, 7) is 1.87. The van der Waals surface area contributed by atoms with Crippen molar-refractivity contribution in [2.75, 3.05) is 10.0 Å². The molecule has 6 nitrogen and oxygen atoms in total. The highest BCUT2D eigenvalue weighted by molar-refractivity contribution is 7.92. The zero-order valence-electron chi connectivity index (χ0n) is 16.1. The number of para-hydroxylation sites is 2. The molecule has 0 fully saturated rings. The molecule has 0 saturated heterocycles. The molecule has 0 aliphatic carbocycles. The highest BCUT2D eigenvalue weighted by Gasteiger charge is 2.32. The fourth-order valence-corrected chi connectivity index (χ4v) is 3.66. The number of hydrogen-bond donors (Lipinski definition) is 2. The van der Waals surface area contributed by atoms with Crippen molar-refractivity contribution in [3.8, 4) is 5.75 Å². The third kappa shape index (κ3) is 5.98. The Morgan fingerprint density at radius 3 is 2.13 bits per heavy atom. The van der Waals surface area contributed by atoms with Crippen LogP contribution in [0.4, 0.5) is 24.5 Å². The third-order valence-corrected chi connectivity index (χ3v) is 5.49. The molecule has 3 aromatic carbocycles. The van der Waals surface area contributed by atoms with Crippen molar-refractivity contribution in [2.24, 2.45) is 0 Å². The minimum absolute atomic E-state index is 0.0519. The molecule has 162 valence electrons. The maximum absolute atomic E-state index is 12.5. The fourth-order valence-electron chi connectivity index (χ4n) is 2.60. The fraction of sp³-hybridized carbons (Fsp3) is 0.0952. The van der Waals surface area contributed by atoms with Crippen LogP contribution in [0, 0.1) is 6.92 Å². The molecular weight excluding hydrogens is 433 g/mol. The van der Waals surface area contributed by atoms with E-state index >= 15 is 0 Å². The lowest BCUT2D eigenvalue weighted by atomic mass is 10.2. The molecule has 3 rings (SSSR count). The first-order chi connectivity index (χ1) is 14.5. The Labute approximate surface area is 176 Å². The predicted molar refractivity (Wildman–Crippen MR) is 110 cm³/mol. The number of hydrogen-bond acceptors (Lipinski definition) is 4. The van der Waals surface area contributed by atoms with E-state index in [1.165, 1.54) is 42.5 Å². The van der Waals surface area contributed by atoms with Crippen LogP contribution < -0.4 is 14.8 Å². The normalized spacial score (nSPS) is 11.6. The highest BCUT2D eigenvalue weighted by atomic mass is 32.2. The van der Waals surface area contributed by atoms with E-state index in [9.17, 15) is 26.4 Å². The molecule has 0 bridgehead atoms. The van der Waals surface area contributed by atoms with Gasteiger partial charge in [0.1, 0.15) is 0 Å². The summed E-state index contributed by atoms with van der Waals surface area (Å²) in [7, 11) is -3.88. The number of benzene rings is 3. The number of carbonyl (C=O) groups is 1. The molecule has 3 aromatic rings. The molecule has 1 amide bonds. The van der Waals surface area contributed by atoms with Crippen molar-refractivity contribution in [1.29, 1.82) is 0 Å². The van der Waals surface area contributed by atoms with E-state index < -0.39 is 28.0 Å². The summed E-state index contributed by atoms with van der Waals surface area (Å²) in [5, 5.41) is 2.32. The highest BCUT2D eigenvalue weighted by Crippen LogP contribution is 2.30. The van der Waals surface area contributed by atoms with Crippen molar-refractivity contribution < 1.29 is 31.1 Å². The van der Waals surface area contributed by atoms with Crippen LogP contribution in [-0.4, -0.2) is 20.7 Å². The van der Waals surface area contributed by atoms with E-state index in [-0.39, 0.29) is 16.1 Å². The number of amides is 1. The van der Waals surface area contributed by atoms with Crippen LogP contribution in [0.25, 0.3) is 0 Å². The molecular formula is C21H17F3N2O4S.